The van der Waals surface area contributed by atoms with Crippen molar-refractivity contribution in [3.8, 4) is 5.75 Å². The van der Waals surface area contributed by atoms with E-state index in [0.29, 0.717) is 11.8 Å². The second kappa shape index (κ2) is 8.02. The highest BCUT2D eigenvalue weighted by atomic mass is 16.5. The Morgan fingerprint density at radius 3 is 2.41 bits per heavy atom. The van der Waals surface area contributed by atoms with Crippen LogP contribution in [0, 0.1) is 5.92 Å². The van der Waals surface area contributed by atoms with Crippen LogP contribution in [0.5, 0.6) is 5.75 Å². The third-order valence-electron chi connectivity index (χ3n) is 7.22. The van der Waals surface area contributed by atoms with E-state index < -0.39 is 0 Å². The molecule has 32 heavy (non-hydrogen) atoms. The molecule has 4 aromatic rings. The van der Waals surface area contributed by atoms with Gasteiger partial charge in [-0.1, -0.05) is 74.0 Å². The first-order chi connectivity index (χ1) is 15.8. The normalized spacial score (nSPS) is 21.3. The lowest BCUT2D eigenvalue weighted by atomic mass is 9.75. The molecule has 2 nitrogen and oxygen atoms in total. The van der Waals surface area contributed by atoms with E-state index in [2.05, 4.69) is 97.2 Å². The lowest BCUT2D eigenvalue weighted by Crippen LogP contribution is -2.29. The molecule has 160 valence electrons. The van der Waals surface area contributed by atoms with Gasteiger partial charge >= 0.3 is 0 Å². The second-order valence-corrected chi connectivity index (χ2v) is 9.16. The van der Waals surface area contributed by atoms with Crippen LogP contribution in [0.15, 0.2) is 84.9 Å². The lowest BCUT2D eigenvalue weighted by molar-refractivity contribution is 0.308. The van der Waals surface area contributed by atoms with Crippen LogP contribution in [0.2, 0.25) is 0 Å². The Kier molecular flexibility index (Phi) is 4.87. The van der Waals surface area contributed by atoms with Gasteiger partial charge in [0.05, 0.1) is 12.6 Å². The molecule has 4 aromatic carbocycles. The molecule has 0 bridgehead atoms. The molecule has 6 rings (SSSR count). The van der Waals surface area contributed by atoms with Gasteiger partial charge in [0, 0.05) is 11.6 Å². The minimum atomic E-state index is 0.269. The summed E-state index contributed by atoms with van der Waals surface area (Å²) in [6.07, 6.45) is 8.13. The first-order valence-corrected chi connectivity index (χ1v) is 11.9. The van der Waals surface area contributed by atoms with Gasteiger partial charge in [0.15, 0.2) is 0 Å². The van der Waals surface area contributed by atoms with Crippen molar-refractivity contribution in [1.82, 2.24) is 0 Å². The summed E-state index contributed by atoms with van der Waals surface area (Å²) in [7, 11) is 0. The molecule has 0 amide bonds. The molecular formula is C30H29NO. The van der Waals surface area contributed by atoms with Crippen molar-refractivity contribution in [3.63, 3.8) is 0 Å². The summed E-state index contributed by atoms with van der Waals surface area (Å²) in [5.74, 6) is 1.92. The molecule has 3 unspecified atom stereocenters. The number of hydrogen-bond acceptors (Lipinski definition) is 2. The minimum absolute atomic E-state index is 0.269. The van der Waals surface area contributed by atoms with Gasteiger partial charge in [-0.15, -0.1) is 0 Å². The number of hydrogen-bond donors (Lipinski definition) is 1. The number of fused-ring (bicyclic) bond motifs is 5. The first-order valence-electron chi connectivity index (χ1n) is 11.9. The molecule has 1 heterocycles. The zero-order chi connectivity index (χ0) is 21.5. The number of nitrogens with one attached hydrogen (secondary N) is 1. The third kappa shape index (κ3) is 3.17. The molecule has 1 aliphatic heterocycles. The Labute approximate surface area is 189 Å². The van der Waals surface area contributed by atoms with Crippen molar-refractivity contribution < 1.29 is 4.74 Å². The maximum atomic E-state index is 6.04. The van der Waals surface area contributed by atoms with Gasteiger partial charge in [-0.3, -0.25) is 0 Å². The number of anilines is 1. The Hall–Kier alpha value is -3.26. The van der Waals surface area contributed by atoms with Crippen LogP contribution in [-0.2, 0) is 0 Å². The van der Waals surface area contributed by atoms with Crippen molar-refractivity contribution in [2.75, 3.05) is 11.9 Å². The summed E-state index contributed by atoms with van der Waals surface area (Å²) in [6.45, 7) is 2.99. The number of benzene rings is 4. The molecule has 0 radical (unpaired) electrons. The van der Waals surface area contributed by atoms with Gasteiger partial charge in [0.25, 0.3) is 0 Å². The van der Waals surface area contributed by atoms with Crippen molar-refractivity contribution in [2.45, 2.75) is 38.1 Å². The Balaban J connectivity index is 1.48. The predicted octanol–water partition coefficient (Wildman–Crippen LogP) is 8.00. The zero-order valence-corrected chi connectivity index (χ0v) is 18.6. The third-order valence-corrected chi connectivity index (χ3v) is 7.22. The Morgan fingerprint density at radius 1 is 0.906 bits per heavy atom. The van der Waals surface area contributed by atoms with E-state index in [-0.39, 0.29) is 6.04 Å². The molecule has 1 aliphatic carbocycles. The van der Waals surface area contributed by atoms with E-state index in [0.717, 1.165) is 31.6 Å². The molecule has 2 aliphatic rings. The fraction of sp³-hybridized carbons (Fsp3) is 0.267. The van der Waals surface area contributed by atoms with Crippen LogP contribution in [0.4, 0.5) is 5.69 Å². The summed E-state index contributed by atoms with van der Waals surface area (Å²) < 4.78 is 6.04. The van der Waals surface area contributed by atoms with Gasteiger partial charge in [0.2, 0.25) is 0 Å². The van der Waals surface area contributed by atoms with E-state index in [1.807, 2.05) is 0 Å². The van der Waals surface area contributed by atoms with E-state index in [1.54, 1.807) is 0 Å². The predicted molar refractivity (Wildman–Crippen MR) is 135 cm³/mol. The summed E-state index contributed by atoms with van der Waals surface area (Å²) in [5.41, 5.74) is 4.05. The molecule has 0 saturated carbocycles. The molecule has 1 N–H and O–H groups in total. The summed E-state index contributed by atoms with van der Waals surface area (Å²) in [4.78, 5) is 0. The maximum Gasteiger partial charge on any atom is 0.119 e. The largest absolute Gasteiger partial charge is 0.494 e. The standard InChI is InChI=1S/C30H29NO/c1-2-3-17-32-22-15-16-28-27(19-22)25-13-8-14-26(25)30(31-28)29-23-11-6-4-9-20(23)18-21-10-5-7-12-24(21)29/h4-13,15-16,18-19,25-26,30-31H,2-3,14,17H2,1H3. The number of unbranched alkanes of at least 4 members (excludes halogenated alkanes) is 1. The topological polar surface area (TPSA) is 21.3 Å². The van der Waals surface area contributed by atoms with E-state index >= 15 is 0 Å². The molecule has 0 saturated heterocycles. The van der Waals surface area contributed by atoms with Crippen molar-refractivity contribution in [2.24, 2.45) is 5.92 Å². The second-order valence-electron chi connectivity index (χ2n) is 9.16. The highest BCUT2D eigenvalue weighted by Gasteiger charge is 2.39. The molecule has 3 atom stereocenters. The zero-order valence-electron chi connectivity index (χ0n) is 18.6. The van der Waals surface area contributed by atoms with Gasteiger partial charge in [-0.25, -0.2) is 0 Å². The van der Waals surface area contributed by atoms with E-state index in [9.17, 15) is 0 Å². The molecule has 0 spiro atoms. The summed E-state index contributed by atoms with van der Waals surface area (Å²) >= 11 is 0. The highest BCUT2D eigenvalue weighted by molar-refractivity contribution is 6.03. The monoisotopic (exact) mass is 419 g/mol. The molecule has 0 fully saturated rings. The van der Waals surface area contributed by atoms with Gasteiger partial charge in [-0.05, 0) is 75.7 Å². The van der Waals surface area contributed by atoms with Crippen LogP contribution < -0.4 is 10.1 Å². The fourth-order valence-electron chi connectivity index (χ4n) is 5.67. The number of rotatable bonds is 5. The Bertz CT molecular complexity index is 1270. The number of allylic oxidation sites excluding steroid dienone is 2. The average Bonchev–Trinajstić information content (AvgIpc) is 3.33. The van der Waals surface area contributed by atoms with Crippen molar-refractivity contribution in [3.05, 3.63) is 96.1 Å². The summed E-state index contributed by atoms with van der Waals surface area (Å²) in [6, 6.07) is 26.9. The van der Waals surface area contributed by atoms with Crippen LogP contribution >= 0.6 is 0 Å². The highest BCUT2D eigenvalue weighted by Crippen LogP contribution is 2.52. The fourth-order valence-corrected chi connectivity index (χ4v) is 5.67. The van der Waals surface area contributed by atoms with Crippen LogP contribution in [0.3, 0.4) is 0 Å². The number of ether oxygens (including phenoxy) is 1. The van der Waals surface area contributed by atoms with Crippen LogP contribution in [0.1, 0.15) is 49.3 Å². The van der Waals surface area contributed by atoms with Crippen LogP contribution in [0.25, 0.3) is 21.5 Å². The summed E-state index contributed by atoms with van der Waals surface area (Å²) in [5, 5.41) is 9.32. The smallest absolute Gasteiger partial charge is 0.119 e. The lowest BCUT2D eigenvalue weighted by Gasteiger charge is -2.38. The van der Waals surface area contributed by atoms with Gasteiger partial charge in [-0.2, -0.15) is 0 Å². The molecular weight excluding hydrogens is 390 g/mol. The molecule has 0 aromatic heterocycles. The van der Waals surface area contributed by atoms with Crippen molar-refractivity contribution in [1.29, 1.82) is 0 Å². The van der Waals surface area contributed by atoms with E-state index in [1.165, 1.54) is 38.4 Å². The minimum Gasteiger partial charge on any atom is -0.494 e. The van der Waals surface area contributed by atoms with Gasteiger partial charge < -0.3 is 10.1 Å². The molecule has 2 heteroatoms. The van der Waals surface area contributed by atoms with E-state index in [4.69, 9.17) is 4.74 Å². The quantitative estimate of drug-likeness (QED) is 0.201. The SMILES string of the molecule is CCCCOc1ccc2c(c1)C1C=CCC1C(c1c3ccccc3cc3ccccc13)N2. The van der Waals surface area contributed by atoms with Crippen molar-refractivity contribution >= 4 is 27.2 Å². The van der Waals surface area contributed by atoms with Crippen LogP contribution in [-0.4, -0.2) is 6.61 Å². The Morgan fingerprint density at radius 2 is 1.66 bits per heavy atom. The maximum absolute atomic E-state index is 6.04. The first kappa shape index (κ1) is 19.4. The average molecular weight is 420 g/mol. The van der Waals surface area contributed by atoms with Gasteiger partial charge in [0.1, 0.15) is 5.75 Å².